The molecular formula is C12H14O3. The summed E-state index contributed by atoms with van der Waals surface area (Å²) < 4.78 is 5.52. The largest absolute Gasteiger partial charge is 0.493 e. The van der Waals surface area contributed by atoms with E-state index in [4.69, 9.17) is 9.84 Å². The third-order valence-corrected chi connectivity index (χ3v) is 2.74. The molecule has 0 fully saturated rings. The lowest BCUT2D eigenvalue weighted by molar-refractivity contribution is -0.137. The van der Waals surface area contributed by atoms with E-state index in [1.54, 1.807) is 0 Å². The van der Waals surface area contributed by atoms with Crippen molar-refractivity contribution in [1.29, 1.82) is 0 Å². The Labute approximate surface area is 88.7 Å². The molecule has 0 bridgehead atoms. The number of aliphatic carboxylic acids is 1. The molecule has 0 radical (unpaired) electrons. The summed E-state index contributed by atoms with van der Waals surface area (Å²) in [4.78, 5) is 10.4. The fourth-order valence-electron chi connectivity index (χ4n) is 1.97. The van der Waals surface area contributed by atoms with Gasteiger partial charge < -0.3 is 9.84 Å². The quantitative estimate of drug-likeness (QED) is 0.822. The van der Waals surface area contributed by atoms with Gasteiger partial charge in [-0.25, -0.2) is 0 Å². The maximum absolute atomic E-state index is 10.4. The van der Waals surface area contributed by atoms with E-state index >= 15 is 0 Å². The van der Waals surface area contributed by atoms with Crippen LogP contribution in [0.15, 0.2) is 24.3 Å². The highest BCUT2D eigenvalue weighted by Gasteiger charge is 2.22. The van der Waals surface area contributed by atoms with Crippen LogP contribution in [0.1, 0.15) is 30.7 Å². The Bertz CT molecular complexity index is 360. The zero-order valence-electron chi connectivity index (χ0n) is 8.48. The van der Waals surface area contributed by atoms with Gasteiger partial charge in [0.15, 0.2) is 0 Å². The van der Waals surface area contributed by atoms with Crippen LogP contribution < -0.4 is 4.74 Å². The molecule has 2 rings (SSSR count). The Kier molecular flexibility index (Phi) is 2.90. The van der Waals surface area contributed by atoms with E-state index in [-0.39, 0.29) is 6.42 Å². The van der Waals surface area contributed by atoms with Crippen LogP contribution in [0.2, 0.25) is 0 Å². The SMILES string of the molecule is O=C(O)CCCC1COc2ccccc21. The van der Waals surface area contributed by atoms with E-state index in [1.807, 2.05) is 18.2 Å². The van der Waals surface area contributed by atoms with E-state index in [9.17, 15) is 4.79 Å². The van der Waals surface area contributed by atoms with Crippen molar-refractivity contribution < 1.29 is 14.6 Å². The summed E-state index contributed by atoms with van der Waals surface area (Å²) in [5.41, 5.74) is 1.22. The molecule has 0 aliphatic carbocycles. The van der Waals surface area contributed by atoms with Crippen molar-refractivity contribution in [3.8, 4) is 5.75 Å². The minimum atomic E-state index is -0.720. The van der Waals surface area contributed by atoms with Crippen LogP contribution >= 0.6 is 0 Å². The molecule has 1 aliphatic heterocycles. The molecule has 1 heterocycles. The third-order valence-electron chi connectivity index (χ3n) is 2.74. The maximum Gasteiger partial charge on any atom is 0.303 e. The monoisotopic (exact) mass is 206 g/mol. The van der Waals surface area contributed by atoms with Crippen molar-refractivity contribution in [2.75, 3.05) is 6.61 Å². The molecule has 0 spiro atoms. The molecule has 1 N–H and O–H groups in total. The van der Waals surface area contributed by atoms with Crippen molar-refractivity contribution in [3.05, 3.63) is 29.8 Å². The van der Waals surface area contributed by atoms with Gasteiger partial charge in [-0.05, 0) is 18.9 Å². The Balaban J connectivity index is 1.93. The van der Waals surface area contributed by atoms with Crippen LogP contribution in [0.25, 0.3) is 0 Å². The summed E-state index contributed by atoms with van der Waals surface area (Å²) in [5, 5.41) is 8.55. The Hall–Kier alpha value is -1.51. The summed E-state index contributed by atoms with van der Waals surface area (Å²) in [6.07, 6.45) is 1.86. The number of hydrogen-bond donors (Lipinski definition) is 1. The molecule has 3 nitrogen and oxygen atoms in total. The Morgan fingerprint density at radius 2 is 2.27 bits per heavy atom. The number of benzene rings is 1. The van der Waals surface area contributed by atoms with Crippen molar-refractivity contribution in [3.63, 3.8) is 0 Å². The highest BCUT2D eigenvalue weighted by molar-refractivity contribution is 5.66. The number of ether oxygens (including phenoxy) is 1. The Morgan fingerprint density at radius 3 is 3.07 bits per heavy atom. The van der Waals surface area contributed by atoms with Gasteiger partial charge in [0.05, 0.1) is 6.61 Å². The number of hydrogen-bond acceptors (Lipinski definition) is 2. The summed E-state index contributed by atoms with van der Waals surface area (Å²) in [6.45, 7) is 0.693. The van der Waals surface area contributed by atoms with Gasteiger partial charge in [0.2, 0.25) is 0 Å². The first kappa shape index (κ1) is 10.0. The zero-order chi connectivity index (χ0) is 10.7. The van der Waals surface area contributed by atoms with Gasteiger partial charge in [-0.1, -0.05) is 18.2 Å². The van der Waals surface area contributed by atoms with Crippen molar-refractivity contribution in [2.24, 2.45) is 0 Å². The van der Waals surface area contributed by atoms with Gasteiger partial charge >= 0.3 is 5.97 Å². The number of carboxylic acid groups (broad SMARTS) is 1. The van der Waals surface area contributed by atoms with Crippen molar-refractivity contribution in [1.82, 2.24) is 0 Å². The van der Waals surface area contributed by atoms with Crippen LogP contribution in [0.5, 0.6) is 5.75 Å². The normalized spacial score (nSPS) is 18.3. The number of carboxylic acids is 1. The smallest absolute Gasteiger partial charge is 0.303 e. The second-order valence-corrected chi connectivity index (χ2v) is 3.83. The van der Waals surface area contributed by atoms with Gasteiger partial charge in [0.25, 0.3) is 0 Å². The van der Waals surface area contributed by atoms with E-state index in [2.05, 4.69) is 6.07 Å². The van der Waals surface area contributed by atoms with E-state index in [0.717, 1.165) is 18.6 Å². The number of rotatable bonds is 4. The van der Waals surface area contributed by atoms with Gasteiger partial charge in [-0.3, -0.25) is 4.79 Å². The molecule has 80 valence electrons. The predicted molar refractivity (Wildman–Crippen MR) is 56.2 cm³/mol. The van der Waals surface area contributed by atoms with Gasteiger partial charge in [-0.2, -0.15) is 0 Å². The molecule has 0 amide bonds. The molecule has 0 aromatic heterocycles. The summed E-state index contributed by atoms with van der Waals surface area (Å²) >= 11 is 0. The molecule has 3 heteroatoms. The summed E-state index contributed by atoms with van der Waals surface area (Å²) in [7, 11) is 0. The van der Waals surface area contributed by atoms with Gasteiger partial charge in [0.1, 0.15) is 5.75 Å². The molecular weight excluding hydrogens is 192 g/mol. The molecule has 0 saturated heterocycles. The number of para-hydroxylation sites is 1. The first-order chi connectivity index (χ1) is 7.27. The second kappa shape index (κ2) is 4.34. The molecule has 1 aromatic rings. The highest BCUT2D eigenvalue weighted by atomic mass is 16.5. The lowest BCUT2D eigenvalue weighted by Crippen LogP contribution is -2.02. The van der Waals surface area contributed by atoms with Gasteiger partial charge in [-0.15, -0.1) is 0 Å². The van der Waals surface area contributed by atoms with Crippen molar-refractivity contribution in [2.45, 2.75) is 25.2 Å². The maximum atomic E-state index is 10.4. The molecule has 15 heavy (non-hydrogen) atoms. The molecule has 1 aliphatic rings. The average molecular weight is 206 g/mol. The fraction of sp³-hybridized carbons (Fsp3) is 0.417. The van der Waals surface area contributed by atoms with E-state index < -0.39 is 5.97 Å². The molecule has 1 unspecified atom stereocenters. The number of carbonyl (C=O) groups is 1. The van der Waals surface area contributed by atoms with Crippen LogP contribution in [-0.4, -0.2) is 17.7 Å². The Morgan fingerprint density at radius 1 is 1.47 bits per heavy atom. The second-order valence-electron chi connectivity index (χ2n) is 3.83. The lowest BCUT2D eigenvalue weighted by atomic mass is 9.96. The van der Waals surface area contributed by atoms with Crippen molar-refractivity contribution >= 4 is 5.97 Å². The standard InChI is InChI=1S/C12H14O3/c13-12(14)7-3-4-9-8-15-11-6-2-1-5-10(9)11/h1-2,5-6,9H,3-4,7-8H2,(H,13,14). The summed E-state index contributed by atoms with van der Waals surface area (Å²) in [5.74, 6) is 0.612. The first-order valence-corrected chi connectivity index (χ1v) is 5.21. The van der Waals surface area contributed by atoms with Crippen LogP contribution in [0.4, 0.5) is 0 Å². The minimum Gasteiger partial charge on any atom is -0.493 e. The van der Waals surface area contributed by atoms with E-state index in [1.165, 1.54) is 5.56 Å². The summed E-state index contributed by atoms with van der Waals surface area (Å²) in [6, 6.07) is 7.98. The molecule has 0 saturated carbocycles. The topological polar surface area (TPSA) is 46.5 Å². The minimum absolute atomic E-state index is 0.249. The fourth-order valence-corrected chi connectivity index (χ4v) is 1.97. The molecule has 1 aromatic carbocycles. The molecule has 1 atom stereocenters. The van der Waals surface area contributed by atoms with E-state index in [0.29, 0.717) is 12.5 Å². The number of fused-ring (bicyclic) bond motifs is 1. The predicted octanol–water partition coefficient (Wildman–Crippen LogP) is 2.42. The van der Waals surface area contributed by atoms with Crippen LogP contribution in [-0.2, 0) is 4.79 Å². The van der Waals surface area contributed by atoms with Crippen LogP contribution in [0, 0.1) is 0 Å². The first-order valence-electron chi connectivity index (χ1n) is 5.21. The average Bonchev–Trinajstić information content (AvgIpc) is 2.62. The van der Waals surface area contributed by atoms with Gasteiger partial charge in [0, 0.05) is 17.9 Å². The zero-order valence-corrected chi connectivity index (χ0v) is 8.48. The van der Waals surface area contributed by atoms with Crippen LogP contribution in [0.3, 0.4) is 0 Å². The third kappa shape index (κ3) is 2.29. The highest BCUT2D eigenvalue weighted by Crippen LogP contribution is 2.36. The lowest BCUT2D eigenvalue weighted by Gasteiger charge is -2.06.